The molecule has 1 aliphatic carbocycles. The molecule has 0 atom stereocenters. The van der Waals surface area contributed by atoms with E-state index in [0.717, 1.165) is 0 Å². The van der Waals surface area contributed by atoms with Crippen molar-refractivity contribution in [2.24, 2.45) is 9.81 Å². The first kappa shape index (κ1) is 10.2. The van der Waals surface area contributed by atoms with E-state index < -0.39 is 10.3 Å². The summed E-state index contributed by atoms with van der Waals surface area (Å²) in [5.74, 6) is 0.326. The Morgan fingerprint density at radius 1 is 1.40 bits per heavy atom. The first-order chi connectivity index (χ1) is 6.88. The average molecular weight is 225 g/mol. The lowest BCUT2D eigenvalue weighted by atomic mass is 9.91. The first-order valence-electron chi connectivity index (χ1n) is 4.50. The Kier molecular flexibility index (Phi) is 2.08. The third-order valence-electron chi connectivity index (χ3n) is 2.10. The smallest absolute Gasteiger partial charge is 0.365 e. The van der Waals surface area contributed by atoms with E-state index >= 15 is 0 Å². The second-order valence-electron chi connectivity index (χ2n) is 4.06. The molecular formula is C10H11NO3S. The van der Waals surface area contributed by atoms with E-state index in [1.54, 1.807) is 12.2 Å². The Bertz CT molecular complexity index is 507. The second-order valence-corrected chi connectivity index (χ2v) is 5.29. The van der Waals surface area contributed by atoms with Crippen molar-refractivity contribution in [2.45, 2.75) is 13.8 Å². The van der Waals surface area contributed by atoms with Gasteiger partial charge in [0.15, 0.2) is 5.76 Å². The molecule has 0 spiro atoms. The van der Waals surface area contributed by atoms with Crippen molar-refractivity contribution in [3.05, 3.63) is 35.6 Å². The van der Waals surface area contributed by atoms with Gasteiger partial charge in [-0.2, -0.15) is 8.42 Å². The zero-order valence-electron chi connectivity index (χ0n) is 8.47. The summed E-state index contributed by atoms with van der Waals surface area (Å²) < 4.78 is 30.2. The lowest BCUT2D eigenvalue weighted by Crippen LogP contribution is -2.13. The average Bonchev–Trinajstić information content (AvgIpc) is 2.21. The Morgan fingerprint density at radius 3 is 2.87 bits per heavy atom. The van der Waals surface area contributed by atoms with Gasteiger partial charge in [0.05, 0.1) is 6.21 Å². The number of allylic oxidation sites excluding steroid dienone is 5. The maximum atomic E-state index is 11.1. The van der Waals surface area contributed by atoms with Crippen LogP contribution >= 0.6 is 0 Å². The largest absolute Gasteiger partial charge is 0.428 e. The molecule has 0 saturated carbocycles. The number of hydrogen-bond acceptors (Lipinski definition) is 3. The molecule has 15 heavy (non-hydrogen) atoms. The molecule has 0 saturated heterocycles. The van der Waals surface area contributed by atoms with Crippen LogP contribution < -0.4 is 0 Å². The molecule has 0 aromatic rings. The van der Waals surface area contributed by atoms with Crippen LogP contribution in [0.1, 0.15) is 13.8 Å². The van der Waals surface area contributed by atoms with Crippen LogP contribution in [0, 0.1) is 5.41 Å². The van der Waals surface area contributed by atoms with Gasteiger partial charge in [-0.25, -0.2) is 0 Å². The summed E-state index contributed by atoms with van der Waals surface area (Å²) in [7, 11) is -3.78. The van der Waals surface area contributed by atoms with E-state index in [-0.39, 0.29) is 5.41 Å². The Balaban J connectivity index is 2.54. The molecule has 80 valence electrons. The van der Waals surface area contributed by atoms with Crippen LogP contribution in [0.4, 0.5) is 0 Å². The molecule has 2 aliphatic rings. The van der Waals surface area contributed by atoms with Gasteiger partial charge in [-0.3, -0.25) is 0 Å². The third-order valence-corrected chi connectivity index (χ3v) is 2.86. The maximum Gasteiger partial charge on any atom is 0.428 e. The van der Waals surface area contributed by atoms with E-state index in [4.69, 9.17) is 4.18 Å². The van der Waals surface area contributed by atoms with Gasteiger partial charge in [0.1, 0.15) is 0 Å². The molecule has 0 aromatic carbocycles. The number of hydrogen-bond donors (Lipinski definition) is 0. The van der Waals surface area contributed by atoms with E-state index in [9.17, 15) is 8.42 Å². The normalized spacial score (nSPS) is 25.7. The van der Waals surface area contributed by atoms with Crippen molar-refractivity contribution in [1.82, 2.24) is 0 Å². The molecule has 1 heterocycles. The van der Waals surface area contributed by atoms with Crippen molar-refractivity contribution < 1.29 is 12.6 Å². The van der Waals surface area contributed by atoms with Gasteiger partial charge in [0.2, 0.25) is 0 Å². The highest BCUT2D eigenvalue weighted by Gasteiger charge is 2.24. The molecule has 0 amide bonds. The third kappa shape index (κ3) is 2.18. The van der Waals surface area contributed by atoms with Gasteiger partial charge in [0.25, 0.3) is 0 Å². The fourth-order valence-corrected chi connectivity index (χ4v) is 2.10. The van der Waals surface area contributed by atoms with Gasteiger partial charge in [-0.15, -0.1) is 4.40 Å². The molecule has 0 fully saturated rings. The lowest BCUT2D eigenvalue weighted by molar-refractivity contribution is 0.415. The topological polar surface area (TPSA) is 55.7 Å². The highest BCUT2D eigenvalue weighted by atomic mass is 32.2. The van der Waals surface area contributed by atoms with Gasteiger partial charge in [-0.05, 0) is 6.08 Å². The quantitative estimate of drug-likeness (QED) is 0.631. The van der Waals surface area contributed by atoms with Crippen LogP contribution in [-0.4, -0.2) is 14.6 Å². The van der Waals surface area contributed by atoms with E-state index in [1.807, 2.05) is 26.0 Å². The van der Waals surface area contributed by atoms with Gasteiger partial charge >= 0.3 is 10.3 Å². The van der Waals surface area contributed by atoms with Gasteiger partial charge < -0.3 is 4.18 Å². The van der Waals surface area contributed by atoms with Crippen molar-refractivity contribution in [1.29, 1.82) is 0 Å². The second kappa shape index (κ2) is 3.06. The summed E-state index contributed by atoms with van der Waals surface area (Å²) in [4.78, 5) is 0. The summed E-state index contributed by atoms with van der Waals surface area (Å²) in [5, 5.41) is 0. The number of rotatable bonds is 0. The lowest BCUT2D eigenvalue weighted by Gasteiger charge is -2.17. The van der Waals surface area contributed by atoms with Crippen LogP contribution in [0.15, 0.2) is 40.0 Å². The van der Waals surface area contributed by atoms with E-state index in [2.05, 4.69) is 4.40 Å². The fourth-order valence-electron chi connectivity index (χ4n) is 1.43. The van der Waals surface area contributed by atoms with Crippen LogP contribution in [0.25, 0.3) is 0 Å². The highest BCUT2D eigenvalue weighted by molar-refractivity contribution is 7.85. The van der Waals surface area contributed by atoms with Crippen LogP contribution in [0.5, 0.6) is 0 Å². The summed E-state index contributed by atoms with van der Waals surface area (Å²) in [6, 6.07) is 0. The molecule has 0 unspecified atom stereocenters. The molecule has 1 aliphatic heterocycles. The zero-order valence-corrected chi connectivity index (χ0v) is 9.28. The zero-order chi connectivity index (χ0) is 11.1. The maximum absolute atomic E-state index is 11.1. The molecule has 4 nitrogen and oxygen atoms in total. The Morgan fingerprint density at radius 2 is 2.13 bits per heavy atom. The number of fused-ring (bicyclic) bond motifs is 1. The van der Waals surface area contributed by atoms with Crippen LogP contribution in [-0.2, 0) is 14.5 Å². The predicted octanol–water partition coefficient (Wildman–Crippen LogP) is 1.74. The predicted molar refractivity (Wildman–Crippen MR) is 57.6 cm³/mol. The molecule has 0 N–H and O–H groups in total. The van der Waals surface area contributed by atoms with Crippen molar-refractivity contribution in [3.63, 3.8) is 0 Å². The Labute approximate surface area is 88.9 Å². The fraction of sp³-hybridized carbons (Fsp3) is 0.300. The SMILES string of the molecule is CC1(C)C=CC=C2OS(=O)(=O)N=CC2=C1. The van der Waals surface area contributed by atoms with Crippen LogP contribution in [0.3, 0.4) is 0 Å². The molecular weight excluding hydrogens is 214 g/mol. The minimum atomic E-state index is -3.78. The van der Waals surface area contributed by atoms with Gasteiger partial charge in [0, 0.05) is 11.0 Å². The molecule has 2 rings (SSSR count). The van der Waals surface area contributed by atoms with Crippen molar-refractivity contribution >= 4 is 16.5 Å². The summed E-state index contributed by atoms with van der Waals surface area (Å²) in [6.45, 7) is 4.04. The highest BCUT2D eigenvalue weighted by Crippen LogP contribution is 2.29. The molecule has 5 heteroatoms. The van der Waals surface area contributed by atoms with Gasteiger partial charge in [-0.1, -0.05) is 32.1 Å². The summed E-state index contributed by atoms with van der Waals surface area (Å²) in [5.41, 5.74) is 0.559. The minimum absolute atomic E-state index is 0.135. The van der Waals surface area contributed by atoms with Crippen molar-refractivity contribution in [2.75, 3.05) is 0 Å². The Hall–Kier alpha value is -1.36. The molecule has 0 bridgehead atoms. The van der Waals surface area contributed by atoms with E-state index in [1.165, 1.54) is 6.21 Å². The standard InChI is InChI=1S/C10H11NO3S/c1-10(2)5-3-4-9-8(6-10)7-11-15(12,13)14-9/h3-7H,1-2H3. The monoisotopic (exact) mass is 225 g/mol. The summed E-state index contributed by atoms with van der Waals surface area (Å²) in [6.07, 6.45) is 8.62. The minimum Gasteiger partial charge on any atom is -0.365 e. The first-order valence-corrected chi connectivity index (χ1v) is 5.87. The van der Waals surface area contributed by atoms with E-state index in [0.29, 0.717) is 11.3 Å². The molecule has 0 radical (unpaired) electrons. The summed E-state index contributed by atoms with van der Waals surface area (Å²) >= 11 is 0. The number of nitrogens with zero attached hydrogens (tertiary/aromatic N) is 1. The molecule has 0 aromatic heterocycles. The van der Waals surface area contributed by atoms with Crippen molar-refractivity contribution in [3.8, 4) is 0 Å². The van der Waals surface area contributed by atoms with Crippen LogP contribution in [0.2, 0.25) is 0 Å².